The molecule has 2 aromatic rings. The van der Waals surface area contributed by atoms with E-state index < -0.39 is 0 Å². The molecule has 0 bridgehead atoms. The van der Waals surface area contributed by atoms with Crippen molar-refractivity contribution in [2.45, 2.75) is 50.9 Å². The summed E-state index contributed by atoms with van der Waals surface area (Å²) in [4.78, 5) is 23.1. The lowest BCUT2D eigenvalue weighted by atomic mass is 9.89. The lowest BCUT2D eigenvalue weighted by molar-refractivity contribution is -0.138. The summed E-state index contributed by atoms with van der Waals surface area (Å²) in [6.07, 6.45) is 8.14. The van der Waals surface area contributed by atoms with Crippen LogP contribution in [0.4, 0.5) is 4.39 Å². The first-order chi connectivity index (χ1) is 12.7. The highest BCUT2D eigenvalue weighted by Gasteiger charge is 2.44. The second kappa shape index (κ2) is 6.36. The van der Waals surface area contributed by atoms with E-state index in [-0.39, 0.29) is 11.7 Å². The van der Waals surface area contributed by atoms with Crippen molar-refractivity contribution in [2.24, 2.45) is 17.8 Å². The highest BCUT2D eigenvalue weighted by molar-refractivity contribution is 5.80. The van der Waals surface area contributed by atoms with E-state index in [9.17, 15) is 9.18 Å². The molecule has 3 atom stereocenters. The number of carbonyl (C=O) groups is 1. The minimum Gasteiger partial charge on any atom is -0.342 e. The van der Waals surface area contributed by atoms with Gasteiger partial charge in [-0.1, -0.05) is 12.8 Å². The van der Waals surface area contributed by atoms with Crippen LogP contribution in [-0.2, 0) is 4.79 Å². The van der Waals surface area contributed by atoms with Crippen LogP contribution < -0.4 is 0 Å². The third kappa shape index (κ3) is 2.72. The molecule has 1 saturated heterocycles. The van der Waals surface area contributed by atoms with E-state index in [1.54, 1.807) is 6.07 Å². The Morgan fingerprint density at radius 2 is 1.96 bits per heavy atom. The summed E-state index contributed by atoms with van der Waals surface area (Å²) in [5.74, 6) is 3.20. The molecule has 5 heteroatoms. The Hall–Kier alpha value is -1.91. The Balaban J connectivity index is 1.24. The number of imidazole rings is 1. The number of nitrogens with one attached hydrogen (secondary N) is 1. The van der Waals surface area contributed by atoms with Gasteiger partial charge < -0.3 is 9.88 Å². The highest BCUT2D eigenvalue weighted by atomic mass is 19.1. The number of likely N-dealkylation sites (tertiary alicyclic amines) is 1. The number of carbonyl (C=O) groups excluding carboxylic acids is 1. The molecule has 1 amide bonds. The molecular formula is C21H26FN3O. The molecule has 26 heavy (non-hydrogen) atoms. The number of rotatable bonds is 2. The van der Waals surface area contributed by atoms with Crippen LogP contribution in [0.15, 0.2) is 18.2 Å². The standard InChI is InChI=1S/C21H26FN3O/c22-15-5-7-18-19(12-15)24-20(23-18)14-8-10-25(11-9-14)21(26)17-6-4-13-2-1-3-16(13)17/h5,7,12-14,16-17H,1-4,6,8-11H2,(H,23,24)/t13-,16-,17-/m0/s1. The summed E-state index contributed by atoms with van der Waals surface area (Å²) < 4.78 is 13.4. The number of nitrogens with zero attached hydrogens (tertiary/aromatic N) is 2. The molecule has 4 nitrogen and oxygen atoms in total. The van der Waals surface area contributed by atoms with Gasteiger partial charge in [0.15, 0.2) is 0 Å². The number of hydrogen-bond donors (Lipinski definition) is 1. The van der Waals surface area contributed by atoms with Crippen LogP contribution in [0.5, 0.6) is 0 Å². The van der Waals surface area contributed by atoms with E-state index in [1.807, 2.05) is 0 Å². The molecule has 5 rings (SSSR count). The monoisotopic (exact) mass is 355 g/mol. The van der Waals surface area contributed by atoms with Crippen LogP contribution in [0.25, 0.3) is 11.0 Å². The molecule has 1 aliphatic heterocycles. The predicted molar refractivity (Wildman–Crippen MR) is 98.2 cm³/mol. The summed E-state index contributed by atoms with van der Waals surface area (Å²) in [5.41, 5.74) is 1.58. The van der Waals surface area contributed by atoms with Crippen molar-refractivity contribution < 1.29 is 9.18 Å². The maximum Gasteiger partial charge on any atom is 0.225 e. The van der Waals surface area contributed by atoms with Gasteiger partial charge in [0.05, 0.1) is 11.0 Å². The summed E-state index contributed by atoms with van der Waals surface area (Å²) in [6.45, 7) is 1.64. The Morgan fingerprint density at radius 1 is 1.12 bits per heavy atom. The van der Waals surface area contributed by atoms with Gasteiger partial charge in [-0.15, -0.1) is 0 Å². The van der Waals surface area contributed by atoms with Gasteiger partial charge >= 0.3 is 0 Å². The lowest BCUT2D eigenvalue weighted by Gasteiger charge is -2.34. The lowest BCUT2D eigenvalue weighted by Crippen LogP contribution is -2.42. The van der Waals surface area contributed by atoms with E-state index >= 15 is 0 Å². The summed E-state index contributed by atoms with van der Waals surface area (Å²) >= 11 is 0. The zero-order valence-electron chi connectivity index (χ0n) is 15.1. The van der Waals surface area contributed by atoms with Crippen LogP contribution >= 0.6 is 0 Å². The smallest absolute Gasteiger partial charge is 0.225 e. The molecule has 0 radical (unpaired) electrons. The van der Waals surface area contributed by atoms with Gasteiger partial charge in [0, 0.05) is 24.9 Å². The molecule has 2 saturated carbocycles. The first-order valence-electron chi connectivity index (χ1n) is 10.1. The molecule has 3 aliphatic rings. The SMILES string of the molecule is O=C([C@H]1CC[C@@H]2CCC[C@@H]21)N1CCC(c2nc3ccc(F)cc3[nH]2)CC1. The number of aromatic amines is 1. The number of H-pyrrole nitrogens is 1. The van der Waals surface area contributed by atoms with Crippen molar-refractivity contribution in [1.82, 2.24) is 14.9 Å². The number of halogens is 1. The van der Waals surface area contributed by atoms with Crippen molar-refractivity contribution >= 4 is 16.9 Å². The number of hydrogen-bond acceptors (Lipinski definition) is 2. The number of aromatic nitrogens is 2. The number of benzene rings is 1. The average Bonchev–Trinajstić information content (AvgIpc) is 3.36. The van der Waals surface area contributed by atoms with Crippen LogP contribution in [0.1, 0.15) is 56.7 Å². The zero-order chi connectivity index (χ0) is 17.7. The first-order valence-corrected chi connectivity index (χ1v) is 10.1. The van der Waals surface area contributed by atoms with Gasteiger partial charge in [-0.3, -0.25) is 4.79 Å². The van der Waals surface area contributed by atoms with E-state index in [2.05, 4.69) is 14.9 Å². The Bertz CT molecular complexity index is 824. The largest absolute Gasteiger partial charge is 0.342 e. The fourth-order valence-corrected chi connectivity index (χ4v) is 5.67. The maximum absolute atomic E-state index is 13.4. The van der Waals surface area contributed by atoms with Gasteiger partial charge in [-0.05, 0) is 62.1 Å². The first kappa shape index (κ1) is 16.3. The van der Waals surface area contributed by atoms with Crippen molar-refractivity contribution in [1.29, 1.82) is 0 Å². The molecule has 0 unspecified atom stereocenters. The average molecular weight is 355 g/mol. The molecule has 1 aromatic carbocycles. The second-order valence-electron chi connectivity index (χ2n) is 8.42. The molecule has 1 N–H and O–H groups in total. The Morgan fingerprint density at radius 3 is 2.81 bits per heavy atom. The molecule has 2 heterocycles. The summed E-state index contributed by atoms with van der Waals surface area (Å²) in [5, 5.41) is 0. The molecular weight excluding hydrogens is 329 g/mol. The maximum atomic E-state index is 13.4. The normalized spacial score (nSPS) is 29.4. The topological polar surface area (TPSA) is 49.0 Å². The Labute approximate surface area is 153 Å². The molecule has 1 aromatic heterocycles. The van der Waals surface area contributed by atoms with Crippen molar-refractivity contribution in [2.75, 3.05) is 13.1 Å². The Kier molecular flexibility index (Phi) is 3.98. The molecule has 2 aliphatic carbocycles. The van der Waals surface area contributed by atoms with Gasteiger partial charge in [-0.25, -0.2) is 9.37 Å². The minimum atomic E-state index is -0.241. The number of piperidine rings is 1. The fourth-order valence-electron chi connectivity index (χ4n) is 5.67. The van der Waals surface area contributed by atoms with Gasteiger partial charge in [0.1, 0.15) is 11.6 Å². The predicted octanol–water partition coefficient (Wildman–Crippen LogP) is 4.23. The van der Waals surface area contributed by atoms with Crippen molar-refractivity contribution in [3.63, 3.8) is 0 Å². The van der Waals surface area contributed by atoms with E-state index in [0.717, 1.165) is 55.1 Å². The number of amides is 1. The molecule has 3 fully saturated rings. The quantitative estimate of drug-likeness (QED) is 0.876. The van der Waals surface area contributed by atoms with Crippen LogP contribution in [0.3, 0.4) is 0 Å². The van der Waals surface area contributed by atoms with Crippen molar-refractivity contribution in [3.05, 3.63) is 29.8 Å². The zero-order valence-corrected chi connectivity index (χ0v) is 15.1. The van der Waals surface area contributed by atoms with Crippen LogP contribution in [0.2, 0.25) is 0 Å². The minimum absolute atomic E-state index is 0.241. The summed E-state index contributed by atoms with van der Waals surface area (Å²) in [6, 6.07) is 4.68. The highest BCUT2D eigenvalue weighted by Crippen LogP contribution is 2.48. The van der Waals surface area contributed by atoms with E-state index in [4.69, 9.17) is 0 Å². The van der Waals surface area contributed by atoms with Gasteiger partial charge in [0.25, 0.3) is 0 Å². The molecule has 138 valence electrons. The molecule has 0 spiro atoms. The van der Waals surface area contributed by atoms with Gasteiger partial charge in [-0.2, -0.15) is 0 Å². The summed E-state index contributed by atoms with van der Waals surface area (Å²) in [7, 11) is 0. The van der Waals surface area contributed by atoms with Crippen LogP contribution in [0, 0.1) is 23.6 Å². The van der Waals surface area contributed by atoms with Gasteiger partial charge in [0.2, 0.25) is 5.91 Å². The van der Waals surface area contributed by atoms with Crippen LogP contribution in [-0.4, -0.2) is 33.9 Å². The van der Waals surface area contributed by atoms with E-state index in [0.29, 0.717) is 17.7 Å². The number of fused-ring (bicyclic) bond motifs is 2. The fraction of sp³-hybridized carbons (Fsp3) is 0.619. The second-order valence-corrected chi connectivity index (χ2v) is 8.42. The van der Waals surface area contributed by atoms with Crippen molar-refractivity contribution in [3.8, 4) is 0 Å². The third-order valence-corrected chi connectivity index (χ3v) is 7.06. The third-order valence-electron chi connectivity index (χ3n) is 7.06. The van der Waals surface area contributed by atoms with E-state index in [1.165, 1.54) is 37.8 Å².